The van der Waals surface area contributed by atoms with Gasteiger partial charge in [-0.25, -0.2) is 8.78 Å². The van der Waals surface area contributed by atoms with E-state index in [1.165, 1.54) is 23.1 Å². The van der Waals surface area contributed by atoms with Gasteiger partial charge in [-0.05, 0) is 66.1 Å². The van der Waals surface area contributed by atoms with E-state index in [9.17, 15) is 14.7 Å². The number of hydrogen-bond donors (Lipinski definition) is 4. The molecule has 7 nitrogen and oxygen atoms in total. The number of alkyl halides is 2. The lowest BCUT2D eigenvalue weighted by Crippen LogP contribution is -2.63. The molecule has 39 heavy (non-hydrogen) atoms. The number of benzene rings is 2. The highest BCUT2D eigenvalue weighted by Crippen LogP contribution is 2.47. The van der Waals surface area contributed by atoms with Crippen molar-refractivity contribution in [3.8, 4) is 0 Å². The van der Waals surface area contributed by atoms with Gasteiger partial charge < -0.3 is 15.7 Å². The van der Waals surface area contributed by atoms with Crippen molar-refractivity contribution in [1.29, 1.82) is 5.41 Å². The van der Waals surface area contributed by atoms with Gasteiger partial charge in [-0.2, -0.15) is 0 Å². The molecule has 2 aliphatic carbocycles. The maximum atomic E-state index is 15.0. The molecule has 3 heterocycles. The minimum atomic E-state index is -3.11. The van der Waals surface area contributed by atoms with Crippen LogP contribution in [0, 0.1) is 5.41 Å². The molecule has 1 saturated heterocycles. The lowest BCUT2D eigenvalue weighted by molar-refractivity contribution is -0.134. The molecule has 4 atom stereocenters. The van der Waals surface area contributed by atoms with Crippen molar-refractivity contribution in [1.82, 2.24) is 15.5 Å². The minimum absolute atomic E-state index is 0.0276. The van der Waals surface area contributed by atoms with Gasteiger partial charge in [-0.1, -0.05) is 37.3 Å². The van der Waals surface area contributed by atoms with Crippen LogP contribution < -0.4 is 10.6 Å². The van der Waals surface area contributed by atoms with Gasteiger partial charge in [0.05, 0.1) is 24.6 Å². The maximum Gasteiger partial charge on any atom is 0.273 e. The Bertz CT molecular complexity index is 1390. The molecule has 4 N–H and O–H groups in total. The summed E-state index contributed by atoms with van der Waals surface area (Å²) in [6.07, 6.45) is 5.23. The second kappa shape index (κ2) is 9.26. The molecule has 0 unspecified atom stereocenters. The molecule has 7 rings (SSSR count). The summed E-state index contributed by atoms with van der Waals surface area (Å²) < 4.78 is 30.0. The third-order valence-electron chi connectivity index (χ3n) is 8.88. The van der Waals surface area contributed by atoms with Gasteiger partial charge in [0, 0.05) is 29.5 Å². The van der Waals surface area contributed by atoms with E-state index in [1.807, 2.05) is 37.3 Å². The van der Waals surface area contributed by atoms with Crippen LogP contribution in [0.1, 0.15) is 95.7 Å². The average Bonchev–Trinajstić information content (AvgIpc) is 3.21. The standard InChI is InChI=1S/C30H32F2N4O3/c1-2-29-11-4-3-5-17-6-7-18-15-24(37)26(20(18)13-17)34-27(39)19-8-9-22-21(14-19)23(10-12-30(22,31)32)36(25(38)16-29)28(33)35-29/h3,5-9,13-14,23-24,26,37H,2,4,10-12,15-16H2,1H3,(H2,33,35)(H,34,39)/b5-3-/t23-,24-,26-,29-/m1/s1. The number of amides is 2. The predicted octanol–water partition coefficient (Wildman–Crippen LogP) is 4.71. The highest BCUT2D eigenvalue weighted by molar-refractivity contribution is 6.00. The molecular formula is C30H32F2N4O3. The van der Waals surface area contributed by atoms with E-state index in [0.717, 1.165) is 16.7 Å². The number of rotatable bonds is 1. The zero-order chi connectivity index (χ0) is 27.5. The topological polar surface area (TPSA) is 106 Å². The van der Waals surface area contributed by atoms with E-state index in [4.69, 9.17) is 5.41 Å². The van der Waals surface area contributed by atoms with E-state index in [2.05, 4.69) is 10.6 Å². The quantitative estimate of drug-likeness (QED) is 0.425. The van der Waals surface area contributed by atoms with Crippen molar-refractivity contribution in [2.75, 3.05) is 0 Å². The molecule has 6 bridgehead atoms. The Morgan fingerprint density at radius 3 is 2.72 bits per heavy atom. The van der Waals surface area contributed by atoms with Crippen molar-refractivity contribution in [2.45, 2.75) is 81.5 Å². The maximum absolute atomic E-state index is 15.0. The number of hydrogen-bond acceptors (Lipinski definition) is 4. The Balaban J connectivity index is 1.47. The summed E-state index contributed by atoms with van der Waals surface area (Å²) in [4.78, 5) is 28.2. The molecule has 2 aromatic rings. The summed E-state index contributed by atoms with van der Waals surface area (Å²) in [6.45, 7) is 1.98. The van der Waals surface area contributed by atoms with E-state index >= 15 is 8.78 Å². The van der Waals surface area contributed by atoms with E-state index < -0.39 is 42.0 Å². The molecule has 2 amide bonds. The van der Waals surface area contributed by atoms with Crippen molar-refractivity contribution < 1.29 is 23.5 Å². The van der Waals surface area contributed by atoms with Crippen molar-refractivity contribution in [3.05, 3.63) is 75.9 Å². The van der Waals surface area contributed by atoms with Gasteiger partial charge in [0.2, 0.25) is 5.91 Å². The van der Waals surface area contributed by atoms with Gasteiger partial charge in [0.15, 0.2) is 5.96 Å². The highest BCUT2D eigenvalue weighted by atomic mass is 19.3. The first-order chi connectivity index (χ1) is 18.6. The molecular weight excluding hydrogens is 502 g/mol. The third-order valence-corrected chi connectivity index (χ3v) is 8.88. The summed E-state index contributed by atoms with van der Waals surface area (Å²) in [5, 5.41) is 25.7. The molecule has 0 saturated carbocycles. The number of nitrogens with one attached hydrogen (secondary N) is 3. The van der Waals surface area contributed by atoms with Crippen molar-refractivity contribution in [3.63, 3.8) is 0 Å². The minimum Gasteiger partial charge on any atom is -0.390 e. The van der Waals surface area contributed by atoms with E-state index in [0.29, 0.717) is 25.7 Å². The number of allylic oxidation sites excluding steroid dienone is 1. The average molecular weight is 535 g/mol. The first-order valence-corrected chi connectivity index (χ1v) is 13.6. The van der Waals surface area contributed by atoms with Gasteiger partial charge in [0.25, 0.3) is 11.8 Å². The van der Waals surface area contributed by atoms with Gasteiger partial charge >= 0.3 is 0 Å². The molecule has 1 fully saturated rings. The van der Waals surface area contributed by atoms with Crippen LogP contribution in [0.5, 0.6) is 0 Å². The fourth-order valence-corrected chi connectivity index (χ4v) is 6.64. The Kier molecular flexibility index (Phi) is 6.10. The first-order valence-electron chi connectivity index (χ1n) is 13.6. The number of guanidine groups is 1. The molecule has 9 heteroatoms. The van der Waals surface area contributed by atoms with Gasteiger partial charge in [0.1, 0.15) is 0 Å². The van der Waals surface area contributed by atoms with Gasteiger partial charge in [-0.3, -0.25) is 19.9 Å². The molecule has 0 aromatic heterocycles. The summed E-state index contributed by atoms with van der Waals surface area (Å²) in [7, 11) is 0. The monoisotopic (exact) mass is 534 g/mol. The second-order valence-electron chi connectivity index (χ2n) is 11.2. The van der Waals surface area contributed by atoms with E-state index in [1.54, 1.807) is 0 Å². The van der Waals surface area contributed by atoms with Crippen LogP contribution in [0.4, 0.5) is 8.78 Å². The van der Waals surface area contributed by atoms with Crippen LogP contribution in [0.2, 0.25) is 0 Å². The zero-order valence-corrected chi connectivity index (χ0v) is 21.8. The molecule has 5 aliphatic rings. The highest BCUT2D eigenvalue weighted by Gasteiger charge is 2.48. The zero-order valence-electron chi connectivity index (χ0n) is 21.8. The SMILES string of the molecule is CC[C@]12CC/C=C\c3ccc4c(c3)[C@@H](NC(=O)c3ccc5c(c3)[C@@H](CCC5(F)F)N(C(=N)N1)C(=O)C2)[C@H](O)C4. The van der Waals surface area contributed by atoms with Crippen molar-refractivity contribution in [2.24, 2.45) is 0 Å². The van der Waals surface area contributed by atoms with E-state index in [-0.39, 0.29) is 41.4 Å². The Labute approximate surface area is 225 Å². The molecule has 3 aliphatic heterocycles. The molecule has 2 aromatic carbocycles. The van der Waals surface area contributed by atoms with Crippen LogP contribution in [-0.2, 0) is 17.1 Å². The number of nitrogens with zero attached hydrogens (tertiary/aromatic N) is 1. The Morgan fingerprint density at radius 1 is 1.13 bits per heavy atom. The third kappa shape index (κ3) is 4.33. The van der Waals surface area contributed by atoms with Crippen LogP contribution in [0.3, 0.4) is 0 Å². The summed E-state index contributed by atoms with van der Waals surface area (Å²) >= 11 is 0. The van der Waals surface area contributed by atoms with Crippen LogP contribution in [0.25, 0.3) is 6.08 Å². The van der Waals surface area contributed by atoms with Crippen LogP contribution in [0.15, 0.2) is 42.5 Å². The predicted molar refractivity (Wildman–Crippen MR) is 142 cm³/mol. The fraction of sp³-hybridized carbons (Fsp3) is 0.433. The summed E-state index contributed by atoms with van der Waals surface area (Å²) in [5.74, 6) is -3.98. The smallest absolute Gasteiger partial charge is 0.273 e. The number of fused-ring (bicyclic) bond motifs is 5. The first kappa shape index (κ1) is 25.7. The Morgan fingerprint density at radius 2 is 1.95 bits per heavy atom. The summed E-state index contributed by atoms with van der Waals surface area (Å²) in [5.41, 5.74) is 2.26. The van der Waals surface area contributed by atoms with Crippen molar-refractivity contribution >= 4 is 23.8 Å². The summed E-state index contributed by atoms with van der Waals surface area (Å²) in [6, 6.07) is 8.54. The number of carbonyl (C=O) groups excluding carboxylic acids is 2. The largest absolute Gasteiger partial charge is 0.390 e. The molecule has 0 radical (unpaired) electrons. The number of aliphatic hydroxyl groups is 1. The fourth-order valence-electron chi connectivity index (χ4n) is 6.64. The number of carbonyl (C=O) groups is 2. The van der Waals surface area contributed by atoms with Gasteiger partial charge in [-0.15, -0.1) is 0 Å². The second-order valence-corrected chi connectivity index (χ2v) is 11.2. The lowest BCUT2D eigenvalue weighted by Gasteiger charge is -2.47. The molecule has 204 valence electrons. The molecule has 0 spiro atoms. The number of halogens is 2. The normalized spacial score (nSPS) is 30.3. The van der Waals surface area contributed by atoms with Crippen LogP contribution in [-0.4, -0.2) is 39.4 Å². The number of aliphatic hydroxyl groups excluding tert-OH is 1. The van der Waals surface area contributed by atoms with Crippen LogP contribution >= 0.6 is 0 Å². The lowest BCUT2D eigenvalue weighted by atomic mass is 9.80. The Hall–Kier alpha value is -3.59.